The van der Waals surface area contributed by atoms with E-state index in [1.54, 1.807) is 15.8 Å². The zero-order valence-corrected chi connectivity index (χ0v) is 11.9. The van der Waals surface area contributed by atoms with E-state index >= 15 is 0 Å². The first-order valence-electron chi connectivity index (χ1n) is 6.97. The summed E-state index contributed by atoms with van der Waals surface area (Å²) in [6.45, 7) is 0.620. The highest BCUT2D eigenvalue weighted by Crippen LogP contribution is 2.22. The van der Waals surface area contributed by atoms with E-state index < -0.39 is 0 Å². The minimum absolute atomic E-state index is 0.00422. The Balaban J connectivity index is 1.80. The molecule has 1 aliphatic carbocycles. The maximum atomic E-state index is 11.9. The number of fused-ring (bicyclic) bond motifs is 1. The van der Waals surface area contributed by atoms with E-state index in [2.05, 4.69) is 20.4 Å². The number of hydrogen-bond donors (Lipinski definition) is 2. The van der Waals surface area contributed by atoms with Crippen LogP contribution in [0.2, 0.25) is 0 Å². The van der Waals surface area contributed by atoms with E-state index in [9.17, 15) is 4.79 Å². The van der Waals surface area contributed by atoms with Crippen molar-refractivity contribution < 1.29 is 9.90 Å². The van der Waals surface area contributed by atoms with Gasteiger partial charge in [-0.15, -0.1) is 0 Å². The van der Waals surface area contributed by atoms with Gasteiger partial charge in [0.2, 0.25) is 5.91 Å². The van der Waals surface area contributed by atoms with Gasteiger partial charge < -0.3 is 15.3 Å². The Kier molecular flexibility index (Phi) is 3.70. The fourth-order valence-corrected chi connectivity index (χ4v) is 2.23. The normalized spacial score (nSPS) is 14.4. The number of anilines is 1. The van der Waals surface area contributed by atoms with Gasteiger partial charge in [0.1, 0.15) is 12.1 Å². The molecule has 2 aromatic heterocycles. The molecular weight excluding hydrogens is 272 g/mol. The number of likely N-dealkylation sites (N-methyl/N-ethyl adjacent to an activating group) is 1. The second-order valence-electron chi connectivity index (χ2n) is 5.22. The first-order chi connectivity index (χ1) is 10.2. The Morgan fingerprint density at radius 2 is 2.33 bits per heavy atom. The molecule has 8 nitrogen and oxygen atoms in total. The van der Waals surface area contributed by atoms with Crippen molar-refractivity contribution in [3.8, 4) is 0 Å². The van der Waals surface area contributed by atoms with Gasteiger partial charge in [0, 0.05) is 13.1 Å². The third kappa shape index (κ3) is 2.94. The molecule has 0 atom stereocenters. The molecule has 1 amide bonds. The van der Waals surface area contributed by atoms with Gasteiger partial charge in [-0.1, -0.05) is 0 Å². The largest absolute Gasteiger partial charge is 0.394 e. The smallest absolute Gasteiger partial charge is 0.239 e. The topological polar surface area (TPSA) is 96.2 Å². The lowest BCUT2D eigenvalue weighted by Crippen LogP contribution is -2.36. The molecule has 0 spiro atoms. The first-order valence-corrected chi connectivity index (χ1v) is 6.97. The van der Waals surface area contributed by atoms with Crippen LogP contribution in [0.25, 0.3) is 11.0 Å². The Hall–Kier alpha value is -2.22. The minimum Gasteiger partial charge on any atom is -0.394 e. The molecule has 1 saturated carbocycles. The van der Waals surface area contributed by atoms with E-state index in [0.29, 0.717) is 24.1 Å². The summed E-state index contributed by atoms with van der Waals surface area (Å²) in [6, 6.07) is 0.351. The molecule has 0 aromatic carbocycles. The summed E-state index contributed by atoms with van der Waals surface area (Å²) in [5.74, 6) is 0.657. The minimum atomic E-state index is -0.00508. The van der Waals surface area contributed by atoms with Gasteiger partial charge in [-0.05, 0) is 12.8 Å². The van der Waals surface area contributed by atoms with Gasteiger partial charge in [0.05, 0.1) is 31.3 Å². The van der Waals surface area contributed by atoms with Crippen LogP contribution in [-0.4, -0.2) is 57.0 Å². The summed E-state index contributed by atoms with van der Waals surface area (Å²) in [5.41, 5.74) is 0.656. The highest BCUT2D eigenvalue weighted by atomic mass is 16.3. The number of nitrogens with one attached hydrogen (secondary N) is 1. The fraction of sp³-hybridized carbons (Fsp3) is 0.538. The van der Waals surface area contributed by atoms with Crippen LogP contribution in [0.4, 0.5) is 5.82 Å². The maximum absolute atomic E-state index is 11.9. The van der Waals surface area contributed by atoms with E-state index in [-0.39, 0.29) is 19.1 Å². The molecule has 0 bridgehead atoms. The molecule has 0 saturated heterocycles. The van der Waals surface area contributed by atoms with Crippen molar-refractivity contribution in [2.45, 2.75) is 25.4 Å². The summed E-state index contributed by atoms with van der Waals surface area (Å²) in [5, 5.41) is 16.9. The number of aliphatic hydroxyl groups excluding tert-OH is 1. The lowest BCUT2D eigenvalue weighted by atomic mass is 10.3. The molecule has 1 fully saturated rings. The van der Waals surface area contributed by atoms with Crippen molar-refractivity contribution in [2.75, 3.05) is 25.1 Å². The molecule has 112 valence electrons. The molecule has 1 aliphatic rings. The predicted molar refractivity (Wildman–Crippen MR) is 76.8 cm³/mol. The van der Waals surface area contributed by atoms with Crippen molar-refractivity contribution >= 4 is 22.8 Å². The summed E-state index contributed by atoms with van der Waals surface area (Å²) in [7, 11) is 1.82. The number of aromatic nitrogens is 4. The predicted octanol–water partition coefficient (Wildman–Crippen LogP) is -0.467. The lowest BCUT2D eigenvalue weighted by Gasteiger charge is -2.18. The van der Waals surface area contributed by atoms with Crippen molar-refractivity contribution in [2.24, 2.45) is 0 Å². The number of carbonyl (C=O) groups excluding carboxylic acids is 1. The average molecular weight is 290 g/mol. The number of aliphatic hydroxyl groups is 1. The van der Waals surface area contributed by atoms with Crippen LogP contribution in [-0.2, 0) is 11.3 Å². The number of rotatable bonds is 6. The summed E-state index contributed by atoms with van der Waals surface area (Å²) in [4.78, 5) is 22.1. The third-order valence-electron chi connectivity index (χ3n) is 3.41. The quantitative estimate of drug-likeness (QED) is 0.747. The van der Waals surface area contributed by atoms with Gasteiger partial charge in [-0.25, -0.2) is 14.6 Å². The Labute approximate surface area is 121 Å². The van der Waals surface area contributed by atoms with Gasteiger partial charge in [-0.3, -0.25) is 4.79 Å². The molecule has 2 aromatic rings. The molecule has 2 N–H and O–H groups in total. The first kappa shape index (κ1) is 13.7. The van der Waals surface area contributed by atoms with Crippen LogP contribution < -0.4 is 10.2 Å². The molecule has 3 rings (SSSR count). The van der Waals surface area contributed by atoms with Crippen LogP contribution >= 0.6 is 0 Å². The van der Waals surface area contributed by atoms with Crippen molar-refractivity contribution in [1.29, 1.82) is 0 Å². The summed E-state index contributed by atoms with van der Waals surface area (Å²) < 4.78 is 1.62. The van der Waals surface area contributed by atoms with E-state index in [4.69, 9.17) is 5.11 Å². The van der Waals surface area contributed by atoms with Gasteiger partial charge in [0.25, 0.3) is 0 Å². The third-order valence-corrected chi connectivity index (χ3v) is 3.41. The molecule has 0 aliphatic heterocycles. The Morgan fingerprint density at radius 1 is 1.52 bits per heavy atom. The molecule has 2 heterocycles. The van der Waals surface area contributed by atoms with E-state index in [0.717, 1.165) is 18.2 Å². The van der Waals surface area contributed by atoms with Crippen molar-refractivity contribution in [1.82, 2.24) is 25.1 Å². The second kappa shape index (κ2) is 5.65. The molecule has 0 unspecified atom stereocenters. The highest BCUT2D eigenvalue weighted by Gasteiger charge is 2.24. The van der Waals surface area contributed by atoms with Crippen LogP contribution in [0.5, 0.6) is 0 Å². The van der Waals surface area contributed by atoms with Crippen molar-refractivity contribution in [3.05, 3.63) is 12.5 Å². The number of carbonyl (C=O) groups is 1. The summed E-state index contributed by atoms with van der Waals surface area (Å²) in [6.07, 6.45) is 5.25. The van der Waals surface area contributed by atoms with Crippen LogP contribution in [0, 0.1) is 0 Å². The SMILES string of the molecule is CN(CC(=O)NC1CC1)c1ncnc2c1cnn2CCO. The Bertz CT molecular complexity index is 651. The summed E-state index contributed by atoms with van der Waals surface area (Å²) >= 11 is 0. The molecule has 8 heteroatoms. The van der Waals surface area contributed by atoms with Crippen LogP contribution in [0.3, 0.4) is 0 Å². The van der Waals surface area contributed by atoms with E-state index in [1.165, 1.54) is 6.33 Å². The standard InChI is InChI=1S/C13H18N6O2/c1-18(7-11(21)17-9-2-3-9)12-10-6-16-19(4-5-20)13(10)15-8-14-12/h6,8-9,20H,2-5,7H2,1H3,(H,17,21). The number of amides is 1. The number of hydrogen-bond acceptors (Lipinski definition) is 6. The highest BCUT2D eigenvalue weighted by molar-refractivity contribution is 5.89. The fourth-order valence-electron chi connectivity index (χ4n) is 2.23. The van der Waals surface area contributed by atoms with Crippen molar-refractivity contribution in [3.63, 3.8) is 0 Å². The Morgan fingerprint density at radius 3 is 3.05 bits per heavy atom. The van der Waals surface area contributed by atoms with Crippen LogP contribution in [0.15, 0.2) is 12.5 Å². The van der Waals surface area contributed by atoms with Gasteiger partial charge in [-0.2, -0.15) is 5.10 Å². The van der Waals surface area contributed by atoms with Crippen LogP contribution in [0.1, 0.15) is 12.8 Å². The monoisotopic (exact) mass is 290 g/mol. The lowest BCUT2D eigenvalue weighted by molar-refractivity contribution is -0.119. The van der Waals surface area contributed by atoms with E-state index in [1.807, 2.05) is 7.05 Å². The average Bonchev–Trinajstić information content (AvgIpc) is 3.18. The molecule has 21 heavy (non-hydrogen) atoms. The molecular formula is C13H18N6O2. The van der Waals surface area contributed by atoms with Gasteiger partial charge in [0.15, 0.2) is 5.65 Å². The zero-order valence-electron chi connectivity index (χ0n) is 11.9. The second-order valence-corrected chi connectivity index (χ2v) is 5.22. The number of nitrogens with zero attached hydrogens (tertiary/aromatic N) is 5. The van der Waals surface area contributed by atoms with Gasteiger partial charge >= 0.3 is 0 Å². The maximum Gasteiger partial charge on any atom is 0.239 e. The molecule has 0 radical (unpaired) electrons. The zero-order chi connectivity index (χ0) is 14.8.